The Morgan fingerprint density at radius 1 is 1.26 bits per heavy atom. The number of nitrogens with two attached hydrogens (primary N) is 1. The summed E-state index contributed by atoms with van der Waals surface area (Å²) in [7, 11) is -3.06. The van der Waals surface area contributed by atoms with Crippen LogP contribution in [0.1, 0.15) is 16.8 Å². The van der Waals surface area contributed by atoms with Crippen LogP contribution in [0.2, 0.25) is 5.02 Å². The predicted molar refractivity (Wildman–Crippen MR) is 125 cm³/mol. The van der Waals surface area contributed by atoms with Crippen LogP contribution < -0.4 is 15.0 Å². The third kappa shape index (κ3) is 6.41. The van der Waals surface area contributed by atoms with E-state index in [1.807, 2.05) is 6.07 Å². The molecule has 35 heavy (non-hydrogen) atoms. The zero-order chi connectivity index (χ0) is 24.8. The van der Waals surface area contributed by atoms with Crippen LogP contribution in [0, 0.1) is 0 Å². The highest BCUT2D eigenvalue weighted by atomic mass is 35.5. The molecule has 182 valence electrons. The minimum atomic E-state index is -4.14. The Morgan fingerprint density at radius 3 is 2.86 bits per heavy atom. The quantitative estimate of drug-likeness (QED) is 0.236. The fraction of sp³-hybridized carbons (Fsp3) is 0.182. The van der Waals surface area contributed by atoms with Crippen LogP contribution in [0.25, 0.3) is 11.3 Å². The topological polar surface area (TPSA) is 147 Å². The maximum Gasteiger partial charge on any atom is 0.475 e. The lowest BCUT2D eigenvalue weighted by atomic mass is 10.1. The molecule has 0 saturated heterocycles. The van der Waals surface area contributed by atoms with Gasteiger partial charge in [0, 0.05) is 49.8 Å². The van der Waals surface area contributed by atoms with E-state index in [2.05, 4.69) is 19.6 Å². The van der Waals surface area contributed by atoms with Crippen LogP contribution in [0.5, 0.6) is 5.88 Å². The zero-order valence-corrected chi connectivity index (χ0v) is 20.2. The number of hydrogen-bond acceptors (Lipinski definition) is 9. The lowest BCUT2D eigenvalue weighted by molar-refractivity contribution is -0.711. The number of pyridine rings is 3. The second-order valence-corrected chi connectivity index (χ2v) is 9.27. The largest absolute Gasteiger partial charge is 0.475 e. The van der Waals surface area contributed by atoms with Crippen LogP contribution in [0.4, 0.5) is 5.82 Å². The van der Waals surface area contributed by atoms with E-state index < -0.39 is 7.82 Å². The van der Waals surface area contributed by atoms with E-state index in [9.17, 15) is 9.46 Å². The van der Waals surface area contributed by atoms with Crippen molar-refractivity contribution in [3.63, 3.8) is 0 Å². The summed E-state index contributed by atoms with van der Waals surface area (Å²) < 4.78 is 33.4. The Labute approximate surface area is 205 Å². The Morgan fingerprint density at radius 2 is 2.11 bits per heavy atom. The summed E-state index contributed by atoms with van der Waals surface area (Å²) in [6, 6.07) is 10.7. The average Bonchev–Trinajstić information content (AvgIpc) is 3.32. The molecule has 0 radical (unpaired) electrons. The van der Waals surface area contributed by atoms with Crippen molar-refractivity contribution in [3.8, 4) is 17.2 Å². The van der Waals surface area contributed by atoms with E-state index >= 15 is 0 Å². The number of anilines is 1. The molecule has 4 rings (SSSR count). The van der Waals surface area contributed by atoms with Gasteiger partial charge in [-0.1, -0.05) is 22.8 Å². The molecule has 0 bridgehead atoms. The summed E-state index contributed by atoms with van der Waals surface area (Å²) in [5.74, 6) is 1.17. The first-order chi connectivity index (χ1) is 16.8. The van der Waals surface area contributed by atoms with Gasteiger partial charge in [-0.25, -0.2) is 18.6 Å². The first kappa shape index (κ1) is 24.8. The molecular weight excluding hydrogens is 497 g/mol. The Balaban J connectivity index is 1.40. The molecule has 1 unspecified atom stereocenters. The standard InChI is InChI=1S/C22H21ClN5O6P/c1-31-35(29,30)33-14-28-8-2-3-18(22(28)24)20-10-17(27-34-20)9-15-4-5-21(26-11-15)32-13-16-6-7-25-12-19(16)23/h2-8,10-12,24H,9,13-14H2,1H3,(H,29,30)/p+1. The van der Waals surface area contributed by atoms with Gasteiger partial charge >= 0.3 is 7.82 Å². The maximum atomic E-state index is 11.5. The number of aromatic nitrogens is 4. The molecule has 3 N–H and O–H groups in total. The van der Waals surface area contributed by atoms with Crippen molar-refractivity contribution in [3.05, 3.63) is 83.0 Å². The number of rotatable bonds is 10. The zero-order valence-electron chi connectivity index (χ0n) is 18.6. The molecule has 0 saturated carbocycles. The molecule has 13 heteroatoms. The van der Waals surface area contributed by atoms with Crippen molar-refractivity contribution in [1.82, 2.24) is 15.1 Å². The van der Waals surface area contributed by atoms with Gasteiger partial charge in [0.1, 0.15) is 12.2 Å². The van der Waals surface area contributed by atoms with Gasteiger partial charge < -0.3 is 14.2 Å². The molecule has 1 atom stereocenters. The summed E-state index contributed by atoms with van der Waals surface area (Å²) in [5.41, 5.74) is 9.14. The van der Waals surface area contributed by atoms with Crippen molar-refractivity contribution in [2.24, 2.45) is 0 Å². The highest BCUT2D eigenvalue weighted by Gasteiger charge is 2.22. The van der Waals surface area contributed by atoms with Crippen molar-refractivity contribution in [2.45, 2.75) is 19.8 Å². The predicted octanol–water partition coefficient (Wildman–Crippen LogP) is 3.55. The first-order valence-corrected chi connectivity index (χ1v) is 12.1. The number of ether oxygens (including phenoxy) is 1. The number of hydrogen-bond donors (Lipinski definition) is 2. The fourth-order valence-corrected chi connectivity index (χ4v) is 3.63. The molecule has 0 fully saturated rings. The van der Waals surface area contributed by atoms with Gasteiger partial charge in [0.2, 0.25) is 12.6 Å². The second kappa shape index (κ2) is 10.9. The van der Waals surface area contributed by atoms with Gasteiger partial charge in [-0.3, -0.25) is 15.2 Å². The van der Waals surface area contributed by atoms with E-state index in [-0.39, 0.29) is 19.2 Å². The Hall–Kier alpha value is -3.34. The highest BCUT2D eigenvalue weighted by Crippen LogP contribution is 2.41. The lowest BCUT2D eigenvalue weighted by Crippen LogP contribution is -2.38. The van der Waals surface area contributed by atoms with Gasteiger partial charge in [0.15, 0.2) is 5.76 Å². The molecule has 4 aromatic heterocycles. The van der Waals surface area contributed by atoms with Crippen LogP contribution in [0.3, 0.4) is 0 Å². The van der Waals surface area contributed by atoms with E-state index in [4.69, 9.17) is 31.1 Å². The second-order valence-electron chi connectivity index (χ2n) is 7.31. The molecule has 0 aliphatic rings. The third-order valence-electron chi connectivity index (χ3n) is 4.94. The van der Waals surface area contributed by atoms with Gasteiger partial charge in [-0.15, -0.1) is 0 Å². The van der Waals surface area contributed by atoms with Crippen LogP contribution in [0.15, 0.2) is 65.7 Å². The Bertz CT molecular complexity index is 1350. The van der Waals surface area contributed by atoms with E-state index in [1.165, 1.54) is 4.57 Å². The monoisotopic (exact) mass is 518 g/mol. The molecule has 0 amide bonds. The van der Waals surface area contributed by atoms with Gasteiger partial charge in [0.25, 0.3) is 5.82 Å². The van der Waals surface area contributed by atoms with Crippen LogP contribution >= 0.6 is 19.4 Å². The first-order valence-electron chi connectivity index (χ1n) is 10.3. The number of phosphoric acid groups is 1. The van der Waals surface area contributed by atoms with E-state index in [0.717, 1.165) is 18.2 Å². The number of phosphoric ester groups is 1. The van der Waals surface area contributed by atoms with E-state index in [0.29, 0.717) is 34.3 Å². The van der Waals surface area contributed by atoms with Crippen molar-refractivity contribution < 1.29 is 32.3 Å². The summed E-state index contributed by atoms with van der Waals surface area (Å²) >= 11 is 6.09. The molecular formula is C22H22ClN5O6P+. The molecule has 0 aliphatic carbocycles. The number of nitrogens with zero attached hydrogens (tertiary/aromatic N) is 4. The molecule has 0 aliphatic heterocycles. The number of nitrogen functional groups attached to an aromatic ring is 1. The van der Waals surface area contributed by atoms with Gasteiger partial charge in [-0.2, -0.15) is 0 Å². The van der Waals surface area contributed by atoms with E-state index in [1.54, 1.807) is 55.1 Å². The average molecular weight is 519 g/mol. The summed E-state index contributed by atoms with van der Waals surface area (Å²) in [6.07, 6.45) is 6.99. The van der Waals surface area contributed by atoms with Gasteiger partial charge in [0.05, 0.1) is 16.9 Å². The molecule has 4 aromatic rings. The maximum absolute atomic E-state index is 11.5. The lowest BCUT2D eigenvalue weighted by Gasteiger charge is -2.09. The molecule has 0 spiro atoms. The number of halogens is 1. The van der Waals surface area contributed by atoms with Crippen molar-refractivity contribution >= 4 is 25.2 Å². The molecule has 0 aromatic carbocycles. The normalized spacial score (nSPS) is 12.9. The SMILES string of the molecule is COP(=O)(O)OC[n+]1cccc(-c2cc(Cc3ccc(OCc4ccncc4Cl)nc3)no2)c1N. The fourth-order valence-electron chi connectivity index (χ4n) is 3.08. The van der Waals surface area contributed by atoms with Crippen molar-refractivity contribution in [1.29, 1.82) is 0 Å². The third-order valence-corrected chi connectivity index (χ3v) is 6.19. The Kier molecular flexibility index (Phi) is 7.74. The summed E-state index contributed by atoms with van der Waals surface area (Å²) in [5, 5.41) is 4.64. The highest BCUT2D eigenvalue weighted by molar-refractivity contribution is 7.47. The minimum Gasteiger partial charge on any atom is -0.473 e. The van der Waals surface area contributed by atoms with Gasteiger partial charge in [-0.05, 0) is 23.8 Å². The van der Waals surface area contributed by atoms with Crippen LogP contribution in [-0.4, -0.2) is 27.1 Å². The smallest absolute Gasteiger partial charge is 0.473 e. The summed E-state index contributed by atoms with van der Waals surface area (Å²) in [4.78, 5) is 17.7. The summed E-state index contributed by atoms with van der Waals surface area (Å²) in [6.45, 7) is 0.000941. The minimum absolute atomic E-state index is 0.267. The van der Waals surface area contributed by atoms with Crippen molar-refractivity contribution in [2.75, 3.05) is 12.8 Å². The molecule has 4 heterocycles. The van der Waals surface area contributed by atoms with Crippen LogP contribution in [-0.2, 0) is 33.4 Å². The molecule has 11 nitrogen and oxygen atoms in total.